The third-order valence-corrected chi connectivity index (χ3v) is 3.73. The van der Waals surface area contributed by atoms with Crippen molar-refractivity contribution in [3.63, 3.8) is 0 Å². The van der Waals surface area contributed by atoms with E-state index in [2.05, 4.69) is 27.9 Å². The molecular formula is C16H36N+. The van der Waals surface area contributed by atoms with Gasteiger partial charge in [-0.15, -0.1) is 0 Å². The van der Waals surface area contributed by atoms with Crippen molar-refractivity contribution in [1.29, 1.82) is 0 Å². The highest BCUT2D eigenvalue weighted by molar-refractivity contribution is 4.46. The lowest BCUT2D eigenvalue weighted by atomic mass is 10.1. The molecule has 0 aliphatic heterocycles. The third-order valence-electron chi connectivity index (χ3n) is 3.73. The van der Waals surface area contributed by atoms with Crippen molar-refractivity contribution in [2.24, 2.45) is 0 Å². The van der Waals surface area contributed by atoms with Crippen LogP contribution in [-0.4, -0.2) is 31.7 Å². The molecule has 0 N–H and O–H groups in total. The largest absolute Gasteiger partial charge is 0.328 e. The van der Waals surface area contributed by atoms with Crippen LogP contribution in [0.25, 0.3) is 0 Å². The molecule has 0 radical (unpaired) electrons. The predicted octanol–water partition coefficient (Wildman–Crippen LogP) is 5.00. The maximum absolute atomic E-state index is 2.40. The van der Waals surface area contributed by atoms with Gasteiger partial charge in [-0.2, -0.15) is 0 Å². The Bertz CT molecular complexity index is 152. The molecule has 0 amide bonds. The molecule has 0 atom stereocenters. The Kier molecular flexibility index (Phi) is 11.0. The predicted molar refractivity (Wildman–Crippen MR) is 79.4 cm³/mol. The first-order chi connectivity index (χ1) is 8.12. The van der Waals surface area contributed by atoms with Gasteiger partial charge in [0.25, 0.3) is 0 Å². The highest BCUT2D eigenvalue weighted by Gasteiger charge is 2.12. The Hall–Kier alpha value is -0.0400. The molecule has 104 valence electrons. The zero-order valence-electron chi connectivity index (χ0n) is 12.9. The van der Waals surface area contributed by atoms with Crippen LogP contribution in [0.2, 0.25) is 0 Å². The molecular weight excluding hydrogens is 206 g/mol. The van der Waals surface area contributed by atoms with E-state index in [-0.39, 0.29) is 0 Å². The van der Waals surface area contributed by atoms with Crippen LogP contribution < -0.4 is 0 Å². The molecule has 0 aliphatic rings. The second-order valence-electron chi connectivity index (χ2n) is 6.21. The molecule has 0 heterocycles. The zero-order chi connectivity index (χ0) is 13.0. The van der Waals surface area contributed by atoms with Crippen LogP contribution in [-0.2, 0) is 0 Å². The Morgan fingerprint density at radius 3 is 1.41 bits per heavy atom. The first-order valence-corrected chi connectivity index (χ1v) is 7.94. The molecule has 0 aromatic rings. The molecule has 0 fully saturated rings. The fraction of sp³-hybridized carbons (Fsp3) is 1.00. The van der Waals surface area contributed by atoms with Gasteiger partial charge in [0.05, 0.1) is 27.2 Å². The van der Waals surface area contributed by atoms with Gasteiger partial charge in [0.15, 0.2) is 0 Å². The Balaban J connectivity index is 3.32. The van der Waals surface area contributed by atoms with E-state index in [1.165, 1.54) is 81.8 Å². The normalized spacial score (nSPS) is 12.0. The van der Waals surface area contributed by atoms with Gasteiger partial charge in [0, 0.05) is 0 Å². The number of hydrogen-bond donors (Lipinski definition) is 0. The van der Waals surface area contributed by atoms with E-state index in [9.17, 15) is 0 Å². The molecule has 0 saturated carbocycles. The molecule has 0 aromatic carbocycles. The Morgan fingerprint density at radius 2 is 0.882 bits per heavy atom. The van der Waals surface area contributed by atoms with Crippen molar-refractivity contribution in [1.82, 2.24) is 0 Å². The van der Waals surface area contributed by atoms with E-state index < -0.39 is 0 Å². The van der Waals surface area contributed by atoms with Crippen molar-refractivity contribution in [3.8, 4) is 0 Å². The van der Waals surface area contributed by atoms with E-state index in [4.69, 9.17) is 0 Å². The Morgan fingerprint density at radius 1 is 0.529 bits per heavy atom. The SMILES string of the molecule is CCCCCCCCC[N+](C)(C)CCCCC. The summed E-state index contributed by atoms with van der Waals surface area (Å²) in [6, 6.07) is 0. The number of nitrogens with zero attached hydrogens (tertiary/aromatic N) is 1. The van der Waals surface area contributed by atoms with Gasteiger partial charge in [-0.1, -0.05) is 52.4 Å². The standard InChI is InChI=1S/C16H36N/c1-5-7-9-10-11-12-14-16-17(3,4)15-13-8-6-2/h5-16H2,1-4H3/q+1. The van der Waals surface area contributed by atoms with Crippen LogP contribution in [0, 0.1) is 0 Å². The molecule has 0 rings (SSSR count). The quantitative estimate of drug-likeness (QED) is 0.333. The lowest BCUT2D eigenvalue weighted by Crippen LogP contribution is -2.41. The number of unbranched alkanes of at least 4 members (excludes halogenated alkanes) is 8. The Labute approximate surface area is 110 Å². The molecule has 17 heavy (non-hydrogen) atoms. The maximum atomic E-state index is 2.40. The van der Waals surface area contributed by atoms with Gasteiger partial charge in [-0.3, -0.25) is 0 Å². The summed E-state index contributed by atoms with van der Waals surface area (Å²) < 4.78 is 1.23. The van der Waals surface area contributed by atoms with E-state index in [1.54, 1.807) is 0 Å². The average molecular weight is 242 g/mol. The number of quaternary nitrogens is 1. The van der Waals surface area contributed by atoms with Crippen LogP contribution in [0.4, 0.5) is 0 Å². The van der Waals surface area contributed by atoms with Crippen LogP contribution in [0.3, 0.4) is 0 Å². The monoisotopic (exact) mass is 242 g/mol. The van der Waals surface area contributed by atoms with E-state index in [0.29, 0.717) is 0 Å². The minimum Gasteiger partial charge on any atom is -0.328 e. The highest BCUT2D eigenvalue weighted by Crippen LogP contribution is 2.10. The van der Waals surface area contributed by atoms with Gasteiger partial charge >= 0.3 is 0 Å². The second-order valence-corrected chi connectivity index (χ2v) is 6.21. The minimum absolute atomic E-state index is 1.23. The van der Waals surface area contributed by atoms with E-state index in [0.717, 1.165) is 0 Å². The van der Waals surface area contributed by atoms with E-state index in [1.807, 2.05) is 0 Å². The van der Waals surface area contributed by atoms with Crippen LogP contribution in [0.1, 0.15) is 78.1 Å². The van der Waals surface area contributed by atoms with Crippen LogP contribution >= 0.6 is 0 Å². The van der Waals surface area contributed by atoms with Crippen molar-refractivity contribution in [2.45, 2.75) is 78.1 Å². The van der Waals surface area contributed by atoms with Crippen LogP contribution in [0.5, 0.6) is 0 Å². The highest BCUT2D eigenvalue weighted by atomic mass is 15.3. The smallest absolute Gasteiger partial charge is 0.0782 e. The molecule has 0 spiro atoms. The van der Waals surface area contributed by atoms with Gasteiger partial charge in [0.2, 0.25) is 0 Å². The number of rotatable bonds is 12. The van der Waals surface area contributed by atoms with Gasteiger partial charge < -0.3 is 4.48 Å². The summed E-state index contributed by atoms with van der Waals surface area (Å²) in [7, 11) is 4.79. The summed E-state index contributed by atoms with van der Waals surface area (Å²) in [4.78, 5) is 0. The first kappa shape index (κ1) is 17.0. The summed E-state index contributed by atoms with van der Waals surface area (Å²) in [6.07, 6.45) is 14.2. The lowest BCUT2D eigenvalue weighted by Gasteiger charge is -2.29. The van der Waals surface area contributed by atoms with Crippen molar-refractivity contribution >= 4 is 0 Å². The average Bonchev–Trinajstić information content (AvgIpc) is 2.28. The van der Waals surface area contributed by atoms with E-state index >= 15 is 0 Å². The lowest BCUT2D eigenvalue weighted by molar-refractivity contribution is -0.890. The summed E-state index contributed by atoms with van der Waals surface area (Å²) in [5.41, 5.74) is 0. The van der Waals surface area contributed by atoms with Crippen molar-refractivity contribution in [2.75, 3.05) is 27.2 Å². The van der Waals surface area contributed by atoms with Gasteiger partial charge in [0.1, 0.15) is 0 Å². The molecule has 1 heteroatoms. The van der Waals surface area contributed by atoms with Crippen molar-refractivity contribution in [3.05, 3.63) is 0 Å². The molecule has 0 aromatic heterocycles. The maximum Gasteiger partial charge on any atom is 0.0782 e. The van der Waals surface area contributed by atoms with Crippen molar-refractivity contribution < 1.29 is 4.48 Å². The topological polar surface area (TPSA) is 0 Å². The summed E-state index contributed by atoms with van der Waals surface area (Å²) >= 11 is 0. The van der Waals surface area contributed by atoms with Gasteiger partial charge in [-0.05, 0) is 25.7 Å². The fourth-order valence-corrected chi connectivity index (χ4v) is 2.40. The van der Waals surface area contributed by atoms with Crippen LogP contribution in [0.15, 0.2) is 0 Å². The zero-order valence-corrected chi connectivity index (χ0v) is 12.9. The second kappa shape index (κ2) is 11.1. The molecule has 0 unspecified atom stereocenters. The molecule has 0 aliphatic carbocycles. The first-order valence-electron chi connectivity index (χ1n) is 7.94. The summed E-state index contributed by atoms with van der Waals surface area (Å²) in [5, 5.41) is 0. The number of hydrogen-bond acceptors (Lipinski definition) is 0. The molecule has 0 bridgehead atoms. The molecule has 0 saturated heterocycles. The molecule has 1 nitrogen and oxygen atoms in total. The third kappa shape index (κ3) is 12.2. The minimum atomic E-state index is 1.23. The summed E-state index contributed by atoms with van der Waals surface area (Å²) in [5.74, 6) is 0. The summed E-state index contributed by atoms with van der Waals surface area (Å²) in [6.45, 7) is 7.31. The van der Waals surface area contributed by atoms with Gasteiger partial charge in [-0.25, -0.2) is 0 Å². The fourth-order valence-electron chi connectivity index (χ4n) is 2.40.